The summed E-state index contributed by atoms with van der Waals surface area (Å²) in [5.41, 5.74) is 11.6. The molecule has 2 aromatic carbocycles. The van der Waals surface area contributed by atoms with Crippen LogP contribution in [0.25, 0.3) is 0 Å². The number of carboxylic acids is 1. The van der Waals surface area contributed by atoms with Crippen molar-refractivity contribution in [2.24, 2.45) is 11.5 Å². The van der Waals surface area contributed by atoms with Crippen LogP contribution in [0.4, 0.5) is 0 Å². The fraction of sp³-hybridized carbons (Fsp3) is 0.475. The van der Waals surface area contributed by atoms with E-state index in [0.717, 1.165) is 20.8 Å². The van der Waals surface area contributed by atoms with Crippen molar-refractivity contribution < 1.29 is 78.9 Å². The van der Waals surface area contributed by atoms with Crippen LogP contribution < -0.4 is 48.7 Å². The molecule has 0 radical (unpaired) electrons. The molecule has 0 saturated heterocycles. The summed E-state index contributed by atoms with van der Waals surface area (Å²) in [5, 5.41) is 85.5. The first-order chi connectivity index (χ1) is 30.3. The Morgan fingerprint density at radius 3 is 1.18 bits per heavy atom. The van der Waals surface area contributed by atoms with E-state index in [2.05, 4.69) is 37.2 Å². The Morgan fingerprint density at radius 1 is 0.492 bits per heavy atom. The van der Waals surface area contributed by atoms with E-state index in [-0.39, 0.29) is 24.3 Å². The Balaban J connectivity index is 2.34. The predicted octanol–water partition coefficient (Wildman–Crippen LogP) is -6.28. The molecule has 358 valence electrons. The van der Waals surface area contributed by atoms with Gasteiger partial charge in [-0.1, -0.05) is 24.3 Å². The standard InChI is InChI=1S/C40H57N9O16/c1-17(41)33(57)46-28(16-50)36(60)47-31(19(3)52)38(62)49-32(20(4)53)39(63)48-30(18(2)51)37(61)44-26(15-29(42)56)35(59)43-25(13-21-5-9-23(54)10-6-21)34(58)45-27(40(64)65)14-22-7-11-24(55)12-8-22/h5-12,17-20,25-28,30-32,50-55H,13-16,41H2,1-4H3,(H2,42,56)(H,43,59)(H,44,61)(H,45,58)(H,46,57)(H,47,60)(H,48,63)(H,49,62)(H,64,65). The van der Waals surface area contributed by atoms with Gasteiger partial charge in [0.1, 0.15) is 53.8 Å². The molecule has 11 atom stereocenters. The molecule has 0 aromatic heterocycles. The third-order valence-corrected chi connectivity index (χ3v) is 9.46. The summed E-state index contributed by atoms with van der Waals surface area (Å²) in [4.78, 5) is 117. The summed E-state index contributed by atoms with van der Waals surface area (Å²) in [6.45, 7) is 3.47. The fourth-order valence-electron chi connectivity index (χ4n) is 5.81. The maximum atomic E-state index is 13.8. The van der Waals surface area contributed by atoms with Crippen LogP contribution in [0.1, 0.15) is 45.2 Å². The minimum absolute atomic E-state index is 0.0949. The van der Waals surface area contributed by atoms with Crippen molar-refractivity contribution in [3.63, 3.8) is 0 Å². The molecule has 0 heterocycles. The molecule has 2 rings (SSSR count). The van der Waals surface area contributed by atoms with Crippen LogP contribution in [0, 0.1) is 0 Å². The first-order valence-electron chi connectivity index (χ1n) is 19.9. The number of phenolic OH excluding ortho intramolecular Hbond substituents is 2. The number of carbonyl (C=O) groups is 9. The van der Waals surface area contributed by atoms with Gasteiger partial charge in [0.25, 0.3) is 0 Å². The maximum Gasteiger partial charge on any atom is 0.326 e. The lowest BCUT2D eigenvalue weighted by molar-refractivity contribution is -0.142. The number of carbonyl (C=O) groups excluding carboxylic acids is 8. The normalized spacial score (nSPS) is 16.1. The van der Waals surface area contributed by atoms with E-state index < -0.39 is 133 Å². The van der Waals surface area contributed by atoms with Gasteiger partial charge in [0.15, 0.2) is 0 Å². The summed E-state index contributed by atoms with van der Waals surface area (Å²) in [6.07, 6.45) is -6.74. The topological polar surface area (TPSA) is 431 Å². The number of hydrogen-bond donors (Lipinski definition) is 16. The smallest absolute Gasteiger partial charge is 0.326 e. The number of phenols is 2. The quantitative estimate of drug-likeness (QED) is 0.0440. The number of aliphatic carboxylic acids is 1. The fourth-order valence-corrected chi connectivity index (χ4v) is 5.81. The Morgan fingerprint density at radius 2 is 0.815 bits per heavy atom. The van der Waals surface area contributed by atoms with Crippen LogP contribution in [0.5, 0.6) is 11.5 Å². The van der Waals surface area contributed by atoms with E-state index >= 15 is 0 Å². The molecule has 0 saturated carbocycles. The zero-order chi connectivity index (χ0) is 49.3. The van der Waals surface area contributed by atoms with Gasteiger partial charge in [0, 0.05) is 12.8 Å². The second-order valence-corrected chi connectivity index (χ2v) is 15.1. The zero-order valence-electron chi connectivity index (χ0n) is 35.8. The van der Waals surface area contributed by atoms with Gasteiger partial charge in [-0.15, -0.1) is 0 Å². The molecular formula is C40H57N9O16. The van der Waals surface area contributed by atoms with E-state index in [1.54, 1.807) is 0 Å². The lowest BCUT2D eigenvalue weighted by Crippen LogP contribution is -2.64. The van der Waals surface area contributed by atoms with Crippen LogP contribution >= 0.6 is 0 Å². The molecule has 0 fully saturated rings. The minimum atomic E-state index is -2.00. The molecule has 18 N–H and O–H groups in total. The second kappa shape index (κ2) is 25.4. The minimum Gasteiger partial charge on any atom is -0.508 e. The number of hydrogen-bond acceptors (Lipinski definition) is 16. The molecule has 2 aromatic rings. The largest absolute Gasteiger partial charge is 0.508 e. The lowest BCUT2D eigenvalue weighted by atomic mass is 10.0. The zero-order valence-corrected chi connectivity index (χ0v) is 35.8. The summed E-state index contributed by atoms with van der Waals surface area (Å²) in [5.74, 6) is -11.0. The van der Waals surface area contributed by atoms with Crippen molar-refractivity contribution in [3.05, 3.63) is 59.7 Å². The third kappa shape index (κ3) is 17.6. The molecule has 11 unspecified atom stereocenters. The van der Waals surface area contributed by atoms with E-state index in [4.69, 9.17) is 11.5 Å². The highest BCUT2D eigenvalue weighted by Gasteiger charge is 2.38. The number of carboxylic acid groups (broad SMARTS) is 1. The lowest BCUT2D eigenvalue weighted by Gasteiger charge is -2.29. The Bertz CT molecular complexity index is 2000. The Hall–Kier alpha value is -6.93. The number of aromatic hydroxyl groups is 2. The molecule has 0 bridgehead atoms. The second-order valence-electron chi connectivity index (χ2n) is 15.1. The summed E-state index contributed by atoms with van der Waals surface area (Å²) in [7, 11) is 0. The molecule has 65 heavy (non-hydrogen) atoms. The number of nitrogens with two attached hydrogens (primary N) is 2. The number of benzene rings is 2. The third-order valence-electron chi connectivity index (χ3n) is 9.46. The molecule has 8 amide bonds. The molecule has 0 aliphatic carbocycles. The average Bonchev–Trinajstić information content (AvgIpc) is 3.22. The number of primary amides is 1. The first kappa shape index (κ1) is 54.2. The van der Waals surface area contributed by atoms with Gasteiger partial charge in [0.05, 0.1) is 37.4 Å². The number of aliphatic hydroxyl groups is 4. The van der Waals surface area contributed by atoms with Crippen molar-refractivity contribution >= 4 is 53.2 Å². The molecule has 25 nitrogen and oxygen atoms in total. The van der Waals surface area contributed by atoms with Crippen LogP contribution in [-0.2, 0) is 56.0 Å². The highest BCUT2D eigenvalue weighted by molar-refractivity contribution is 5.99. The molecule has 0 aliphatic heterocycles. The van der Waals surface area contributed by atoms with Gasteiger partial charge in [-0.05, 0) is 63.1 Å². The van der Waals surface area contributed by atoms with Crippen LogP contribution in [0.15, 0.2) is 48.5 Å². The van der Waals surface area contributed by atoms with Crippen molar-refractivity contribution in [1.82, 2.24) is 37.2 Å². The SMILES string of the molecule is CC(N)C(=O)NC(CO)C(=O)NC(C(=O)NC(C(=O)NC(C(=O)NC(CC(N)=O)C(=O)NC(Cc1ccc(O)cc1)C(=O)NC(Cc1ccc(O)cc1)C(=O)O)C(C)O)C(C)O)C(C)O. The van der Waals surface area contributed by atoms with Gasteiger partial charge >= 0.3 is 5.97 Å². The van der Waals surface area contributed by atoms with Gasteiger partial charge in [-0.2, -0.15) is 0 Å². The number of rotatable bonds is 25. The van der Waals surface area contributed by atoms with E-state index in [1.807, 2.05) is 0 Å². The highest BCUT2D eigenvalue weighted by atomic mass is 16.4. The molecule has 0 spiro atoms. The molecule has 25 heteroatoms. The molecule has 0 aliphatic rings. The van der Waals surface area contributed by atoms with E-state index in [1.165, 1.54) is 55.5 Å². The maximum absolute atomic E-state index is 13.8. The van der Waals surface area contributed by atoms with E-state index in [0.29, 0.717) is 11.1 Å². The number of amides is 8. The molecular weight excluding hydrogens is 862 g/mol. The Kier molecular flexibility index (Phi) is 21.2. The van der Waals surface area contributed by atoms with Gasteiger partial charge in [-0.25, -0.2) is 4.79 Å². The van der Waals surface area contributed by atoms with Crippen LogP contribution in [0.3, 0.4) is 0 Å². The van der Waals surface area contributed by atoms with Crippen molar-refractivity contribution in [3.8, 4) is 11.5 Å². The van der Waals surface area contributed by atoms with Crippen LogP contribution in [0.2, 0.25) is 0 Å². The van der Waals surface area contributed by atoms with Crippen molar-refractivity contribution in [2.75, 3.05) is 6.61 Å². The predicted molar refractivity (Wildman–Crippen MR) is 224 cm³/mol. The summed E-state index contributed by atoms with van der Waals surface area (Å²) >= 11 is 0. The summed E-state index contributed by atoms with van der Waals surface area (Å²) < 4.78 is 0. The van der Waals surface area contributed by atoms with Gasteiger partial charge < -0.3 is 84.4 Å². The Labute approximate surface area is 371 Å². The number of aliphatic hydroxyl groups excluding tert-OH is 4. The highest BCUT2D eigenvalue weighted by Crippen LogP contribution is 2.14. The average molecular weight is 920 g/mol. The van der Waals surface area contributed by atoms with Crippen molar-refractivity contribution in [2.45, 2.75) is 114 Å². The van der Waals surface area contributed by atoms with E-state index in [9.17, 15) is 78.9 Å². The monoisotopic (exact) mass is 919 g/mol. The van der Waals surface area contributed by atoms with Crippen molar-refractivity contribution in [1.29, 1.82) is 0 Å². The van der Waals surface area contributed by atoms with Gasteiger partial charge in [-0.3, -0.25) is 38.4 Å². The summed E-state index contributed by atoms with van der Waals surface area (Å²) in [6, 6.07) is -2.83. The number of nitrogens with one attached hydrogen (secondary N) is 7. The van der Waals surface area contributed by atoms with Gasteiger partial charge in [0.2, 0.25) is 47.3 Å². The van der Waals surface area contributed by atoms with Crippen LogP contribution in [-0.4, -0.2) is 162 Å². The first-order valence-corrected chi connectivity index (χ1v) is 19.9.